The summed E-state index contributed by atoms with van der Waals surface area (Å²) in [5.41, 5.74) is 6.84. The van der Waals surface area contributed by atoms with Crippen molar-refractivity contribution < 1.29 is 23.2 Å². The summed E-state index contributed by atoms with van der Waals surface area (Å²) >= 11 is 0. The molecule has 162 valence electrons. The van der Waals surface area contributed by atoms with Crippen LogP contribution in [0.15, 0.2) is 76.4 Å². The van der Waals surface area contributed by atoms with E-state index < -0.39 is 29.6 Å². The van der Waals surface area contributed by atoms with Crippen LogP contribution in [-0.2, 0) is 9.59 Å². The fourth-order valence-electron chi connectivity index (χ4n) is 3.18. The number of nitrogens with zero attached hydrogens (tertiary/aromatic N) is 2. The first-order chi connectivity index (χ1) is 15.4. The molecule has 1 aliphatic rings. The first-order valence-corrected chi connectivity index (χ1v) is 9.58. The molecule has 0 aliphatic carbocycles. The van der Waals surface area contributed by atoms with Gasteiger partial charge in [-0.05, 0) is 54.6 Å². The van der Waals surface area contributed by atoms with E-state index in [1.807, 2.05) is 0 Å². The van der Waals surface area contributed by atoms with Crippen molar-refractivity contribution in [2.45, 2.75) is 12.5 Å². The number of primary amides is 1. The van der Waals surface area contributed by atoms with Gasteiger partial charge in [0.1, 0.15) is 17.6 Å². The summed E-state index contributed by atoms with van der Waals surface area (Å²) in [6, 6.07) is 14.1. The summed E-state index contributed by atoms with van der Waals surface area (Å²) in [6.07, 6.45) is 1.38. The highest BCUT2D eigenvalue weighted by atomic mass is 19.1. The normalized spacial score (nSPS) is 15.2. The second kappa shape index (κ2) is 8.72. The summed E-state index contributed by atoms with van der Waals surface area (Å²) in [5, 5.41) is 10.9. The quantitative estimate of drug-likeness (QED) is 0.548. The SMILES string of the molecule is NC(=O)[C@H]1CC(C(=O)Nc2cccc(NC(=O)c3ccco3)c2)=NN1c1ccc(F)cc1. The molecule has 0 radical (unpaired) electrons. The predicted octanol–water partition coefficient (Wildman–Crippen LogP) is 2.73. The van der Waals surface area contributed by atoms with Gasteiger partial charge in [-0.1, -0.05) is 6.07 Å². The van der Waals surface area contributed by atoms with Gasteiger partial charge >= 0.3 is 0 Å². The number of carbonyl (C=O) groups excluding carboxylic acids is 3. The molecule has 0 unspecified atom stereocenters. The topological polar surface area (TPSA) is 130 Å². The van der Waals surface area contributed by atoms with E-state index in [9.17, 15) is 18.8 Å². The van der Waals surface area contributed by atoms with Crippen LogP contribution in [0, 0.1) is 5.82 Å². The average molecular weight is 435 g/mol. The summed E-state index contributed by atoms with van der Waals surface area (Å²) in [7, 11) is 0. The van der Waals surface area contributed by atoms with Crippen LogP contribution in [0.1, 0.15) is 17.0 Å². The highest BCUT2D eigenvalue weighted by molar-refractivity contribution is 6.44. The Hall–Kier alpha value is -4.47. The van der Waals surface area contributed by atoms with Crippen LogP contribution in [0.3, 0.4) is 0 Å². The smallest absolute Gasteiger partial charge is 0.291 e. The number of benzene rings is 2. The van der Waals surface area contributed by atoms with Crippen molar-refractivity contribution >= 4 is 40.5 Å². The van der Waals surface area contributed by atoms with Gasteiger partial charge in [-0.3, -0.25) is 19.4 Å². The van der Waals surface area contributed by atoms with Crippen molar-refractivity contribution in [3.8, 4) is 0 Å². The molecule has 4 rings (SSSR count). The molecule has 32 heavy (non-hydrogen) atoms. The van der Waals surface area contributed by atoms with E-state index in [1.54, 1.807) is 30.3 Å². The first kappa shape index (κ1) is 20.8. The lowest BCUT2D eigenvalue weighted by molar-refractivity contribution is -0.119. The molecular formula is C22H18FN5O4. The molecule has 0 fully saturated rings. The number of hydrazone groups is 1. The Bertz CT molecular complexity index is 1190. The molecule has 1 atom stereocenters. The molecule has 1 aliphatic heterocycles. The van der Waals surface area contributed by atoms with E-state index in [2.05, 4.69) is 15.7 Å². The van der Waals surface area contributed by atoms with E-state index >= 15 is 0 Å². The fraction of sp³-hybridized carbons (Fsp3) is 0.0909. The number of furan rings is 1. The molecule has 10 heteroatoms. The highest BCUT2D eigenvalue weighted by Gasteiger charge is 2.35. The molecule has 0 spiro atoms. The molecule has 0 bridgehead atoms. The third-order valence-electron chi connectivity index (χ3n) is 4.72. The Morgan fingerprint density at radius 1 is 1.00 bits per heavy atom. The third-order valence-corrected chi connectivity index (χ3v) is 4.72. The zero-order chi connectivity index (χ0) is 22.7. The Morgan fingerprint density at radius 2 is 1.69 bits per heavy atom. The van der Waals surface area contributed by atoms with Gasteiger partial charge in [0.15, 0.2) is 5.76 Å². The fourth-order valence-corrected chi connectivity index (χ4v) is 3.18. The van der Waals surface area contributed by atoms with Gasteiger partial charge in [0, 0.05) is 17.8 Å². The maximum Gasteiger partial charge on any atom is 0.291 e. The number of amides is 3. The Balaban J connectivity index is 1.48. The second-order valence-corrected chi connectivity index (χ2v) is 6.96. The minimum Gasteiger partial charge on any atom is -0.459 e. The van der Waals surface area contributed by atoms with Crippen LogP contribution < -0.4 is 21.4 Å². The Labute approximate surface area is 181 Å². The van der Waals surface area contributed by atoms with Gasteiger partial charge in [-0.15, -0.1) is 0 Å². The lowest BCUT2D eigenvalue weighted by atomic mass is 10.1. The minimum absolute atomic E-state index is 0.00648. The minimum atomic E-state index is -0.875. The third kappa shape index (κ3) is 4.48. The van der Waals surface area contributed by atoms with E-state index in [1.165, 1.54) is 41.6 Å². The maximum atomic E-state index is 13.2. The van der Waals surface area contributed by atoms with Crippen LogP contribution in [0.25, 0.3) is 0 Å². The van der Waals surface area contributed by atoms with Gasteiger partial charge in [-0.25, -0.2) is 4.39 Å². The summed E-state index contributed by atoms with van der Waals surface area (Å²) < 4.78 is 18.3. The second-order valence-electron chi connectivity index (χ2n) is 6.96. The molecule has 3 aromatic rings. The van der Waals surface area contributed by atoms with Crippen LogP contribution in [0.4, 0.5) is 21.5 Å². The number of hydrogen-bond acceptors (Lipinski definition) is 6. The van der Waals surface area contributed by atoms with E-state index in [4.69, 9.17) is 10.2 Å². The van der Waals surface area contributed by atoms with E-state index in [0.29, 0.717) is 17.1 Å². The number of nitrogens with two attached hydrogens (primary N) is 1. The van der Waals surface area contributed by atoms with Gasteiger partial charge in [-0.2, -0.15) is 5.10 Å². The molecule has 0 saturated carbocycles. The van der Waals surface area contributed by atoms with Gasteiger partial charge in [0.2, 0.25) is 5.91 Å². The molecule has 9 nitrogen and oxygen atoms in total. The highest BCUT2D eigenvalue weighted by Crippen LogP contribution is 2.25. The number of anilines is 3. The lowest BCUT2D eigenvalue weighted by Crippen LogP contribution is -2.39. The average Bonchev–Trinajstić information content (AvgIpc) is 3.45. The molecule has 2 heterocycles. The standard InChI is InChI=1S/C22H18FN5O4/c23-13-6-8-16(9-7-13)28-18(20(24)29)12-17(27-28)21(30)25-14-3-1-4-15(11-14)26-22(31)19-5-2-10-32-19/h1-11,18H,12H2,(H2,24,29)(H,25,30)(H,26,31)/t18-/m1/s1. The number of carbonyl (C=O) groups is 3. The molecule has 2 aromatic carbocycles. The van der Waals surface area contributed by atoms with Crippen LogP contribution in [-0.4, -0.2) is 29.5 Å². The van der Waals surface area contributed by atoms with Crippen LogP contribution in [0.2, 0.25) is 0 Å². The van der Waals surface area contributed by atoms with Crippen molar-refractivity contribution in [3.63, 3.8) is 0 Å². The number of rotatable bonds is 6. The number of halogens is 1. The molecule has 0 saturated heterocycles. The van der Waals surface area contributed by atoms with E-state index in [0.717, 1.165) is 0 Å². The zero-order valence-electron chi connectivity index (χ0n) is 16.6. The van der Waals surface area contributed by atoms with Gasteiger partial charge in [0.25, 0.3) is 11.8 Å². The van der Waals surface area contributed by atoms with Crippen molar-refractivity contribution in [2.75, 3.05) is 15.6 Å². The van der Waals surface area contributed by atoms with Crippen molar-refractivity contribution in [1.29, 1.82) is 0 Å². The Morgan fingerprint density at radius 3 is 2.31 bits per heavy atom. The molecule has 1 aromatic heterocycles. The predicted molar refractivity (Wildman–Crippen MR) is 116 cm³/mol. The van der Waals surface area contributed by atoms with E-state index in [-0.39, 0.29) is 17.9 Å². The summed E-state index contributed by atoms with van der Waals surface area (Å²) in [5.74, 6) is -1.92. The number of hydrogen-bond donors (Lipinski definition) is 3. The lowest BCUT2D eigenvalue weighted by Gasteiger charge is -2.20. The largest absolute Gasteiger partial charge is 0.459 e. The Kier molecular flexibility index (Phi) is 5.67. The van der Waals surface area contributed by atoms with Crippen molar-refractivity contribution in [3.05, 3.63) is 78.5 Å². The maximum absolute atomic E-state index is 13.2. The first-order valence-electron chi connectivity index (χ1n) is 9.58. The van der Waals surface area contributed by atoms with Crippen LogP contribution >= 0.6 is 0 Å². The van der Waals surface area contributed by atoms with Gasteiger partial charge < -0.3 is 20.8 Å². The molecular weight excluding hydrogens is 417 g/mol. The molecule has 3 amide bonds. The number of nitrogens with one attached hydrogen (secondary N) is 2. The monoisotopic (exact) mass is 435 g/mol. The van der Waals surface area contributed by atoms with Crippen LogP contribution in [0.5, 0.6) is 0 Å². The molecule has 4 N–H and O–H groups in total. The van der Waals surface area contributed by atoms with Gasteiger partial charge in [0.05, 0.1) is 12.0 Å². The summed E-state index contributed by atoms with van der Waals surface area (Å²) in [4.78, 5) is 36.8. The zero-order valence-corrected chi connectivity index (χ0v) is 16.6. The van der Waals surface area contributed by atoms with Crippen molar-refractivity contribution in [1.82, 2.24) is 0 Å². The van der Waals surface area contributed by atoms with Crippen molar-refractivity contribution in [2.24, 2.45) is 10.8 Å². The summed E-state index contributed by atoms with van der Waals surface area (Å²) in [6.45, 7) is 0.